The number of carbonyl (C=O) groups is 2. The molecule has 1 aromatic heterocycles. The zero-order valence-electron chi connectivity index (χ0n) is 12.7. The lowest BCUT2D eigenvalue weighted by atomic mass is 10.2. The SMILES string of the molecule is C=CCNC(=O)c1cncc(C(=O)Nc2cccc(OC)c2)c1. The van der Waals surface area contributed by atoms with Crippen molar-refractivity contribution >= 4 is 17.5 Å². The minimum Gasteiger partial charge on any atom is -0.497 e. The van der Waals surface area contributed by atoms with E-state index in [2.05, 4.69) is 22.2 Å². The summed E-state index contributed by atoms with van der Waals surface area (Å²) in [6.45, 7) is 3.87. The second-order valence-electron chi connectivity index (χ2n) is 4.65. The molecule has 0 aliphatic carbocycles. The number of aromatic nitrogens is 1. The number of ether oxygens (including phenoxy) is 1. The molecule has 1 heterocycles. The summed E-state index contributed by atoms with van der Waals surface area (Å²) in [5, 5.41) is 5.37. The number of carbonyl (C=O) groups excluding carboxylic acids is 2. The van der Waals surface area contributed by atoms with Crippen molar-refractivity contribution in [3.05, 3.63) is 66.5 Å². The van der Waals surface area contributed by atoms with E-state index in [1.165, 1.54) is 18.5 Å². The molecule has 0 aliphatic heterocycles. The molecule has 0 spiro atoms. The van der Waals surface area contributed by atoms with Gasteiger partial charge in [-0.1, -0.05) is 12.1 Å². The molecule has 0 unspecified atom stereocenters. The first kappa shape index (κ1) is 16.2. The lowest BCUT2D eigenvalue weighted by molar-refractivity contribution is 0.0957. The third-order valence-corrected chi connectivity index (χ3v) is 3.00. The van der Waals surface area contributed by atoms with Gasteiger partial charge in [-0.3, -0.25) is 14.6 Å². The number of hydrogen-bond donors (Lipinski definition) is 2. The van der Waals surface area contributed by atoms with Crippen LogP contribution in [-0.4, -0.2) is 30.5 Å². The van der Waals surface area contributed by atoms with Gasteiger partial charge >= 0.3 is 0 Å². The Labute approximate surface area is 134 Å². The van der Waals surface area contributed by atoms with Crippen molar-refractivity contribution in [2.45, 2.75) is 0 Å². The molecule has 23 heavy (non-hydrogen) atoms. The van der Waals surface area contributed by atoms with Crippen molar-refractivity contribution in [2.24, 2.45) is 0 Å². The molecule has 0 aliphatic rings. The fourth-order valence-electron chi connectivity index (χ4n) is 1.86. The van der Waals surface area contributed by atoms with E-state index < -0.39 is 0 Å². The molecule has 2 N–H and O–H groups in total. The van der Waals surface area contributed by atoms with Gasteiger partial charge in [-0.25, -0.2) is 0 Å². The van der Waals surface area contributed by atoms with Gasteiger partial charge in [0, 0.05) is 30.7 Å². The number of nitrogens with zero attached hydrogens (tertiary/aromatic N) is 1. The van der Waals surface area contributed by atoms with Crippen molar-refractivity contribution < 1.29 is 14.3 Å². The van der Waals surface area contributed by atoms with Crippen LogP contribution in [-0.2, 0) is 0 Å². The van der Waals surface area contributed by atoms with Crippen LogP contribution in [0.25, 0.3) is 0 Å². The summed E-state index contributed by atoms with van der Waals surface area (Å²) in [7, 11) is 1.55. The van der Waals surface area contributed by atoms with Gasteiger partial charge < -0.3 is 15.4 Å². The molecular weight excluding hydrogens is 294 g/mol. The first-order valence-electron chi connectivity index (χ1n) is 6.93. The average Bonchev–Trinajstić information content (AvgIpc) is 2.59. The highest BCUT2D eigenvalue weighted by Crippen LogP contribution is 2.17. The van der Waals surface area contributed by atoms with E-state index >= 15 is 0 Å². The smallest absolute Gasteiger partial charge is 0.257 e. The van der Waals surface area contributed by atoms with Gasteiger partial charge in [0.1, 0.15) is 5.75 Å². The van der Waals surface area contributed by atoms with E-state index in [0.717, 1.165) is 0 Å². The maximum Gasteiger partial charge on any atom is 0.257 e. The van der Waals surface area contributed by atoms with E-state index in [9.17, 15) is 9.59 Å². The summed E-state index contributed by atoms with van der Waals surface area (Å²) in [6.07, 6.45) is 4.38. The number of amides is 2. The van der Waals surface area contributed by atoms with Gasteiger partial charge in [0.15, 0.2) is 0 Å². The highest BCUT2D eigenvalue weighted by Gasteiger charge is 2.11. The molecule has 2 aromatic rings. The number of anilines is 1. The van der Waals surface area contributed by atoms with Gasteiger partial charge in [0.25, 0.3) is 11.8 Å². The monoisotopic (exact) mass is 311 g/mol. The Morgan fingerprint density at radius 1 is 1.22 bits per heavy atom. The predicted molar refractivity (Wildman–Crippen MR) is 87.7 cm³/mol. The number of hydrogen-bond acceptors (Lipinski definition) is 4. The van der Waals surface area contributed by atoms with Crippen molar-refractivity contribution in [1.29, 1.82) is 0 Å². The third-order valence-electron chi connectivity index (χ3n) is 3.00. The summed E-state index contributed by atoms with van der Waals surface area (Å²) in [5.41, 5.74) is 1.19. The summed E-state index contributed by atoms with van der Waals surface area (Å²) in [5.74, 6) is -0.0315. The van der Waals surface area contributed by atoms with E-state index in [0.29, 0.717) is 29.1 Å². The zero-order valence-corrected chi connectivity index (χ0v) is 12.7. The molecule has 0 fully saturated rings. The van der Waals surface area contributed by atoms with Gasteiger partial charge in [-0.2, -0.15) is 0 Å². The highest BCUT2D eigenvalue weighted by atomic mass is 16.5. The second kappa shape index (κ2) is 7.74. The van der Waals surface area contributed by atoms with Crippen LogP contribution in [0.4, 0.5) is 5.69 Å². The van der Waals surface area contributed by atoms with Gasteiger partial charge in [0.05, 0.1) is 18.2 Å². The molecule has 118 valence electrons. The largest absolute Gasteiger partial charge is 0.497 e. The molecule has 2 rings (SSSR count). The van der Waals surface area contributed by atoms with Crippen LogP contribution in [0, 0.1) is 0 Å². The van der Waals surface area contributed by atoms with Crippen LogP contribution in [0.5, 0.6) is 5.75 Å². The van der Waals surface area contributed by atoms with E-state index in [1.807, 2.05) is 0 Å². The molecule has 6 heteroatoms. The van der Waals surface area contributed by atoms with Crippen LogP contribution in [0.3, 0.4) is 0 Å². The first-order valence-corrected chi connectivity index (χ1v) is 6.93. The quantitative estimate of drug-likeness (QED) is 0.802. The molecule has 6 nitrogen and oxygen atoms in total. The number of methoxy groups -OCH3 is 1. The van der Waals surface area contributed by atoms with Crippen LogP contribution in [0.15, 0.2) is 55.4 Å². The molecule has 0 atom stereocenters. The highest BCUT2D eigenvalue weighted by molar-refractivity contribution is 6.05. The molecule has 0 radical (unpaired) electrons. The van der Waals surface area contributed by atoms with Crippen LogP contribution in [0.2, 0.25) is 0 Å². The predicted octanol–water partition coefficient (Wildman–Crippen LogP) is 2.26. The Hall–Kier alpha value is -3.15. The summed E-state index contributed by atoms with van der Waals surface area (Å²) in [6, 6.07) is 8.48. The Balaban J connectivity index is 2.12. The molecule has 0 bridgehead atoms. The Morgan fingerprint density at radius 2 is 1.96 bits per heavy atom. The molecule has 1 aromatic carbocycles. The summed E-state index contributed by atoms with van der Waals surface area (Å²) in [4.78, 5) is 28.1. The zero-order chi connectivity index (χ0) is 16.7. The maximum atomic E-state index is 12.3. The van der Waals surface area contributed by atoms with Crippen LogP contribution < -0.4 is 15.4 Å². The standard InChI is InChI=1S/C17H17N3O3/c1-3-7-19-16(21)12-8-13(11-18-10-12)17(22)20-14-5-4-6-15(9-14)23-2/h3-6,8-11H,1,7H2,2H3,(H,19,21)(H,20,22). The lowest BCUT2D eigenvalue weighted by Gasteiger charge is -2.08. The number of pyridine rings is 1. The molecule has 0 saturated carbocycles. The minimum absolute atomic E-state index is 0.291. The first-order chi connectivity index (χ1) is 11.1. The Morgan fingerprint density at radius 3 is 2.65 bits per heavy atom. The van der Waals surface area contributed by atoms with E-state index in [-0.39, 0.29) is 11.8 Å². The number of nitrogens with one attached hydrogen (secondary N) is 2. The fourth-order valence-corrected chi connectivity index (χ4v) is 1.86. The lowest BCUT2D eigenvalue weighted by Crippen LogP contribution is -2.24. The van der Waals surface area contributed by atoms with Gasteiger partial charge in [0.2, 0.25) is 0 Å². The number of benzene rings is 1. The minimum atomic E-state index is -0.357. The fraction of sp³-hybridized carbons (Fsp3) is 0.118. The Bertz CT molecular complexity index is 729. The third kappa shape index (κ3) is 4.41. The van der Waals surface area contributed by atoms with Crippen LogP contribution in [0.1, 0.15) is 20.7 Å². The van der Waals surface area contributed by atoms with Gasteiger partial charge in [-0.15, -0.1) is 6.58 Å². The van der Waals surface area contributed by atoms with E-state index in [4.69, 9.17) is 4.74 Å². The normalized spacial score (nSPS) is 9.78. The van der Waals surface area contributed by atoms with Gasteiger partial charge in [-0.05, 0) is 18.2 Å². The van der Waals surface area contributed by atoms with Crippen molar-refractivity contribution in [3.8, 4) is 5.75 Å². The van der Waals surface area contributed by atoms with Crippen molar-refractivity contribution in [2.75, 3.05) is 19.0 Å². The number of rotatable bonds is 6. The molecule has 0 saturated heterocycles. The molecule has 2 amide bonds. The average molecular weight is 311 g/mol. The van der Waals surface area contributed by atoms with Crippen molar-refractivity contribution in [3.63, 3.8) is 0 Å². The topological polar surface area (TPSA) is 80.3 Å². The van der Waals surface area contributed by atoms with E-state index in [1.54, 1.807) is 37.5 Å². The molecular formula is C17H17N3O3. The van der Waals surface area contributed by atoms with Crippen molar-refractivity contribution in [1.82, 2.24) is 10.3 Å². The van der Waals surface area contributed by atoms with Crippen LogP contribution >= 0.6 is 0 Å². The maximum absolute atomic E-state index is 12.3. The summed E-state index contributed by atoms with van der Waals surface area (Å²) >= 11 is 0. The second-order valence-corrected chi connectivity index (χ2v) is 4.65. The summed E-state index contributed by atoms with van der Waals surface area (Å²) < 4.78 is 5.11. The Kier molecular flexibility index (Phi) is 5.46.